The minimum atomic E-state index is -4.02. The molecule has 0 bridgehead atoms. The average Bonchev–Trinajstić information content (AvgIpc) is 3.10. The van der Waals surface area contributed by atoms with Crippen molar-refractivity contribution < 1.29 is 22.7 Å². The van der Waals surface area contributed by atoms with Crippen LogP contribution in [-0.2, 0) is 19.4 Å². The van der Waals surface area contributed by atoms with Crippen LogP contribution in [0.1, 0.15) is 13.8 Å². The smallest absolute Gasteiger partial charge is 0.244 e. The van der Waals surface area contributed by atoms with Crippen LogP contribution in [0.15, 0.2) is 48.5 Å². The van der Waals surface area contributed by atoms with Crippen molar-refractivity contribution in [3.63, 3.8) is 0 Å². The zero-order valence-corrected chi connectivity index (χ0v) is 18.0. The van der Waals surface area contributed by atoms with E-state index in [0.29, 0.717) is 28.7 Å². The summed E-state index contributed by atoms with van der Waals surface area (Å²) in [6, 6.07) is 13.9. The van der Waals surface area contributed by atoms with Crippen molar-refractivity contribution in [2.24, 2.45) is 0 Å². The maximum absolute atomic E-state index is 12.5. The fourth-order valence-corrected chi connectivity index (χ4v) is 4.54. The Balaban J connectivity index is 1.60. The number of amides is 2. The molecular weight excluding hydrogens is 426 g/mol. The van der Waals surface area contributed by atoms with Gasteiger partial charge in [0.25, 0.3) is 0 Å². The number of sulfone groups is 1. The van der Waals surface area contributed by atoms with Crippen LogP contribution in [-0.4, -0.2) is 42.8 Å². The first kappa shape index (κ1) is 21.7. The highest BCUT2D eigenvalue weighted by atomic mass is 32.2. The summed E-state index contributed by atoms with van der Waals surface area (Å²) in [5.74, 6) is -1.63. The number of thiazole rings is 1. The molecule has 0 aliphatic heterocycles. The van der Waals surface area contributed by atoms with E-state index >= 15 is 0 Å². The first-order valence-electron chi connectivity index (χ1n) is 9.19. The number of anilines is 2. The van der Waals surface area contributed by atoms with E-state index in [0.717, 1.165) is 4.70 Å². The van der Waals surface area contributed by atoms with E-state index in [1.807, 2.05) is 25.1 Å². The van der Waals surface area contributed by atoms with Crippen LogP contribution in [0, 0.1) is 0 Å². The molecule has 0 radical (unpaired) electrons. The molecule has 10 heteroatoms. The molecule has 1 heterocycles. The number of carbonyl (C=O) groups excluding carboxylic acids is 2. The number of rotatable bonds is 8. The molecular formula is C20H21N3O5S2. The standard InChI is InChI=1S/C20H21N3O5S2/c1-3-28-15-10-8-14(9-11-15)21-18(24)12-30(26,27)13(2)19(25)23-20-22-16-6-4-5-7-17(16)29-20/h4-11,13H,3,12H2,1-2H3,(H,21,24)(H,22,23,25). The minimum Gasteiger partial charge on any atom is -0.494 e. The van der Waals surface area contributed by atoms with Crippen LogP contribution in [0.3, 0.4) is 0 Å². The molecule has 0 fully saturated rings. The predicted octanol–water partition coefficient (Wildman–Crippen LogP) is 3.08. The monoisotopic (exact) mass is 447 g/mol. The van der Waals surface area contributed by atoms with Gasteiger partial charge in [0.05, 0.1) is 16.8 Å². The number of hydrogen-bond acceptors (Lipinski definition) is 7. The van der Waals surface area contributed by atoms with Crippen LogP contribution in [0.5, 0.6) is 5.75 Å². The van der Waals surface area contributed by atoms with Gasteiger partial charge in [-0.15, -0.1) is 0 Å². The SMILES string of the molecule is CCOc1ccc(NC(=O)CS(=O)(=O)C(C)C(=O)Nc2nc3ccccc3s2)cc1. The van der Waals surface area contributed by atoms with E-state index in [2.05, 4.69) is 15.6 Å². The Labute approximate surface area is 178 Å². The molecule has 1 aromatic heterocycles. The van der Waals surface area contributed by atoms with Gasteiger partial charge in [0.15, 0.2) is 15.0 Å². The Bertz CT molecular complexity index is 1120. The number of benzene rings is 2. The first-order valence-corrected chi connectivity index (χ1v) is 11.7. The van der Waals surface area contributed by atoms with Crippen molar-refractivity contribution in [2.75, 3.05) is 23.0 Å². The number of fused-ring (bicyclic) bond motifs is 1. The highest BCUT2D eigenvalue weighted by Gasteiger charge is 2.31. The van der Waals surface area contributed by atoms with E-state index in [1.54, 1.807) is 30.3 Å². The molecule has 0 spiro atoms. The van der Waals surface area contributed by atoms with Gasteiger partial charge < -0.3 is 15.4 Å². The van der Waals surface area contributed by atoms with Gasteiger partial charge in [-0.1, -0.05) is 23.5 Å². The average molecular weight is 448 g/mol. The van der Waals surface area contributed by atoms with Gasteiger partial charge in [0.1, 0.15) is 16.8 Å². The molecule has 8 nitrogen and oxygen atoms in total. The third kappa shape index (κ3) is 5.33. The summed E-state index contributed by atoms with van der Waals surface area (Å²) in [4.78, 5) is 28.8. The summed E-state index contributed by atoms with van der Waals surface area (Å²) >= 11 is 1.25. The van der Waals surface area contributed by atoms with Crippen molar-refractivity contribution in [1.82, 2.24) is 4.98 Å². The van der Waals surface area contributed by atoms with Crippen LogP contribution >= 0.6 is 11.3 Å². The fraction of sp³-hybridized carbons (Fsp3) is 0.250. The number of nitrogens with one attached hydrogen (secondary N) is 2. The van der Waals surface area contributed by atoms with E-state index < -0.39 is 32.7 Å². The van der Waals surface area contributed by atoms with Gasteiger partial charge in [-0.3, -0.25) is 9.59 Å². The zero-order chi connectivity index (χ0) is 21.7. The Kier molecular flexibility index (Phi) is 6.68. The first-order chi connectivity index (χ1) is 14.3. The van der Waals surface area contributed by atoms with E-state index in [1.165, 1.54) is 18.3 Å². The molecule has 3 rings (SSSR count). The van der Waals surface area contributed by atoms with Crippen molar-refractivity contribution in [2.45, 2.75) is 19.1 Å². The maximum atomic E-state index is 12.5. The lowest BCUT2D eigenvalue weighted by molar-refractivity contribution is -0.115. The van der Waals surface area contributed by atoms with E-state index in [4.69, 9.17) is 4.74 Å². The molecule has 2 N–H and O–H groups in total. The molecule has 30 heavy (non-hydrogen) atoms. The van der Waals surface area contributed by atoms with E-state index in [9.17, 15) is 18.0 Å². The topological polar surface area (TPSA) is 114 Å². The zero-order valence-electron chi connectivity index (χ0n) is 16.4. The number of carbonyl (C=O) groups is 2. The predicted molar refractivity (Wildman–Crippen MR) is 118 cm³/mol. The normalized spacial score (nSPS) is 12.3. The van der Waals surface area contributed by atoms with Gasteiger partial charge in [0, 0.05) is 5.69 Å². The summed E-state index contributed by atoms with van der Waals surface area (Å²) in [7, 11) is -4.02. The molecule has 0 saturated carbocycles. The third-order valence-corrected chi connectivity index (χ3v) is 7.12. The molecule has 0 aliphatic carbocycles. The number of para-hydroxylation sites is 1. The summed E-state index contributed by atoms with van der Waals surface area (Å²) < 4.78 is 31.2. The van der Waals surface area contributed by atoms with Crippen molar-refractivity contribution >= 4 is 54.0 Å². The molecule has 158 valence electrons. The molecule has 1 unspecified atom stereocenters. The lowest BCUT2D eigenvalue weighted by atomic mass is 10.3. The quantitative estimate of drug-likeness (QED) is 0.548. The summed E-state index contributed by atoms with van der Waals surface area (Å²) in [6.45, 7) is 3.62. The molecule has 0 saturated heterocycles. The Morgan fingerprint density at radius 2 is 1.80 bits per heavy atom. The molecule has 2 aromatic carbocycles. The Morgan fingerprint density at radius 3 is 2.47 bits per heavy atom. The van der Waals surface area contributed by atoms with Crippen LogP contribution in [0.25, 0.3) is 10.2 Å². The largest absolute Gasteiger partial charge is 0.494 e. The summed E-state index contributed by atoms with van der Waals surface area (Å²) in [5, 5.41) is 3.94. The number of nitrogens with zero attached hydrogens (tertiary/aromatic N) is 1. The molecule has 1 atom stereocenters. The van der Waals surface area contributed by atoms with Gasteiger partial charge in [-0.25, -0.2) is 13.4 Å². The van der Waals surface area contributed by atoms with Crippen molar-refractivity contribution in [3.8, 4) is 5.75 Å². The fourth-order valence-electron chi connectivity index (χ4n) is 2.60. The minimum absolute atomic E-state index is 0.307. The molecule has 3 aromatic rings. The summed E-state index contributed by atoms with van der Waals surface area (Å²) in [5.41, 5.74) is 1.15. The highest BCUT2D eigenvalue weighted by molar-refractivity contribution is 7.93. The second kappa shape index (κ2) is 9.23. The van der Waals surface area contributed by atoms with Crippen LogP contribution in [0.4, 0.5) is 10.8 Å². The van der Waals surface area contributed by atoms with Crippen molar-refractivity contribution in [3.05, 3.63) is 48.5 Å². The second-order valence-electron chi connectivity index (χ2n) is 6.43. The molecule has 0 aliphatic rings. The number of hydrogen-bond donors (Lipinski definition) is 2. The van der Waals surface area contributed by atoms with Gasteiger partial charge in [-0.2, -0.15) is 0 Å². The van der Waals surface area contributed by atoms with Gasteiger partial charge >= 0.3 is 0 Å². The Morgan fingerprint density at radius 1 is 1.10 bits per heavy atom. The molecule has 2 amide bonds. The summed E-state index contributed by atoms with van der Waals surface area (Å²) in [6.07, 6.45) is 0. The van der Waals surface area contributed by atoms with Gasteiger partial charge in [-0.05, 0) is 50.2 Å². The maximum Gasteiger partial charge on any atom is 0.244 e. The lowest BCUT2D eigenvalue weighted by Crippen LogP contribution is -2.37. The van der Waals surface area contributed by atoms with Gasteiger partial charge in [0.2, 0.25) is 11.8 Å². The van der Waals surface area contributed by atoms with E-state index in [-0.39, 0.29) is 0 Å². The lowest BCUT2D eigenvalue weighted by Gasteiger charge is -2.12. The number of aromatic nitrogens is 1. The third-order valence-electron chi connectivity index (χ3n) is 4.21. The highest BCUT2D eigenvalue weighted by Crippen LogP contribution is 2.25. The Hall–Kier alpha value is -2.98. The second-order valence-corrected chi connectivity index (χ2v) is 9.78. The van der Waals surface area contributed by atoms with Crippen molar-refractivity contribution in [1.29, 1.82) is 0 Å². The number of ether oxygens (including phenoxy) is 1. The van der Waals surface area contributed by atoms with Crippen LogP contribution in [0.2, 0.25) is 0 Å². The van der Waals surface area contributed by atoms with Crippen LogP contribution < -0.4 is 15.4 Å².